The zero-order chi connectivity index (χ0) is 42.6. The summed E-state index contributed by atoms with van der Waals surface area (Å²) in [6.45, 7) is 15.4. The molecule has 0 spiro atoms. The first-order chi connectivity index (χ1) is 27.9. The lowest BCUT2D eigenvalue weighted by Crippen LogP contribution is -2.74. The van der Waals surface area contributed by atoms with Gasteiger partial charge in [0.05, 0.1) is 45.3 Å². The highest BCUT2D eigenvalue weighted by atomic mass is 35.5. The Bertz CT molecular complexity index is 2260. The number of aryl methyl sites for hydroxylation is 2. The quantitative estimate of drug-likeness (QED) is 0.206. The van der Waals surface area contributed by atoms with Crippen LogP contribution in [-0.2, 0) is 9.59 Å². The van der Waals surface area contributed by atoms with Crippen LogP contribution in [0.1, 0.15) is 95.0 Å². The molecule has 15 nitrogen and oxygen atoms in total. The molecule has 1 aliphatic carbocycles. The molecular formula is C42H46ClFN8O7. The Kier molecular flexibility index (Phi) is 11.1. The highest BCUT2D eigenvalue weighted by molar-refractivity contribution is 6.31. The highest BCUT2D eigenvalue weighted by Crippen LogP contribution is 2.55. The average Bonchev–Trinajstić information content (AvgIpc) is 3.41. The lowest BCUT2D eigenvalue weighted by Gasteiger charge is -2.63. The number of hydrogen-bond acceptors (Lipinski definition) is 12. The van der Waals surface area contributed by atoms with E-state index in [1.807, 2.05) is 41.5 Å². The van der Waals surface area contributed by atoms with E-state index in [1.165, 1.54) is 6.07 Å². The number of carbonyl (C=O) groups is 5. The lowest BCUT2D eigenvalue weighted by atomic mass is 9.49. The van der Waals surface area contributed by atoms with E-state index < -0.39 is 46.3 Å². The van der Waals surface area contributed by atoms with Gasteiger partial charge in [0.2, 0.25) is 17.8 Å². The minimum absolute atomic E-state index is 0.00471. The zero-order valence-corrected chi connectivity index (χ0v) is 34.5. The first-order valence-corrected chi connectivity index (χ1v) is 20.0. The number of halogens is 2. The standard InChI is InChI=1S/C42H46ClFN8O7/c1-22-33(35(55)49-38-41(3,4)39(42(38,5)6)59-25-9-8-24(21-45)28(43)18-25)23(2)47-40(46-22)51-15-13-50(14-16-51)12-7-17-58-31-20-27-26(19-29(31)44)36(56)52(37(27)57)30-10-11-32(53)48-34(30)54/h8-9,18-20,30,38-39H,7,10-17H2,1-6H3,(H,49,55)(H,48,53,54)/t30?,38-,39-. The fourth-order valence-corrected chi connectivity index (χ4v) is 9.40. The molecule has 1 aromatic heterocycles. The molecular weight excluding hydrogens is 783 g/mol. The van der Waals surface area contributed by atoms with Crippen LogP contribution in [0.3, 0.4) is 0 Å². The maximum absolute atomic E-state index is 15.0. The van der Waals surface area contributed by atoms with Gasteiger partial charge in [-0.15, -0.1) is 0 Å². The summed E-state index contributed by atoms with van der Waals surface area (Å²) in [6, 6.07) is 7.84. The Balaban J connectivity index is 0.893. The van der Waals surface area contributed by atoms with Gasteiger partial charge in [-0.3, -0.25) is 39.1 Å². The van der Waals surface area contributed by atoms with Crippen LogP contribution in [0.15, 0.2) is 30.3 Å². The number of amides is 5. The summed E-state index contributed by atoms with van der Waals surface area (Å²) < 4.78 is 27.1. The molecule has 3 aromatic rings. The van der Waals surface area contributed by atoms with Crippen molar-refractivity contribution < 1.29 is 37.8 Å². The van der Waals surface area contributed by atoms with E-state index in [4.69, 9.17) is 31.0 Å². The van der Waals surface area contributed by atoms with Crippen LogP contribution in [0.5, 0.6) is 11.5 Å². The fourth-order valence-electron chi connectivity index (χ4n) is 9.19. The smallest absolute Gasteiger partial charge is 0.262 e. The molecule has 1 atom stereocenters. The number of carbonyl (C=O) groups excluding carboxylic acids is 5. The van der Waals surface area contributed by atoms with Gasteiger partial charge in [0.25, 0.3) is 17.7 Å². The van der Waals surface area contributed by atoms with E-state index in [9.17, 15) is 29.2 Å². The van der Waals surface area contributed by atoms with Crippen molar-refractivity contribution in [2.24, 2.45) is 10.8 Å². The summed E-state index contributed by atoms with van der Waals surface area (Å²) in [7, 11) is 0. The molecule has 2 N–H and O–H groups in total. The van der Waals surface area contributed by atoms with Crippen molar-refractivity contribution in [2.45, 2.75) is 79.0 Å². The molecule has 5 amide bonds. The summed E-state index contributed by atoms with van der Waals surface area (Å²) in [5.74, 6) is -2.83. The van der Waals surface area contributed by atoms with Gasteiger partial charge in [-0.05, 0) is 51.0 Å². The molecule has 59 heavy (non-hydrogen) atoms. The monoisotopic (exact) mass is 828 g/mol. The predicted octanol–water partition coefficient (Wildman–Crippen LogP) is 4.36. The molecule has 7 rings (SSSR count). The molecule has 17 heteroatoms. The van der Waals surface area contributed by atoms with E-state index in [-0.39, 0.29) is 54.4 Å². The van der Waals surface area contributed by atoms with Gasteiger partial charge in [-0.1, -0.05) is 39.3 Å². The number of anilines is 1. The number of nitriles is 1. The second-order valence-corrected chi connectivity index (χ2v) is 17.1. The summed E-state index contributed by atoms with van der Waals surface area (Å²) in [4.78, 5) is 78.4. The molecule has 3 aliphatic heterocycles. The number of fused-ring (bicyclic) bond motifs is 1. The summed E-state index contributed by atoms with van der Waals surface area (Å²) in [5, 5.41) is 14.9. The summed E-state index contributed by atoms with van der Waals surface area (Å²) >= 11 is 6.25. The third kappa shape index (κ3) is 7.69. The number of rotatable bonds is 11. The molecule has 3 fully saturated rings. The normalized spacial score (nSPS) is 22.3. The van der Waals surface area contributed by atoms with E-state index in [1.54, 1.807) is 18.2 Å². The molecule has 1 saturated carbocycles. The van der Waals surface area contributed by atoms with Crippen LogP contribution in [0, 0.1) is 41.8 Å². The molecule has 310 valence electrons. The number of aromatic nitrogens is 2. The largest absolute Gasteiger partial charge is 0.490 e. The SMILES string of the molecule is Cc1nc(N2CCN(CCCOc3cc4c(cc3F)C(=O)N(C3CCC(=O)NC3=O)C4=O)CC2)nc(C)c1C(=O)N[C@H]1C(C)(C)[C@H](Oc2ccc(C#N)c(Cl)c2)C1(C)C. The average molecular weight is 829 g/mol. The Morgan fingerprint density at radius 1 is 1.00 bits per heavy atom. The zero-order valence-electron chi connectivity index (χ0n) is 33.8. The molecule has 0 bridgehead atoms. The topological polar surface area (TPSA) is 187 Å². The van der Waals surface area contributed by atoms with Gasteiger partial charge in [-0.2, -0.15) is 5.26 Å². The number of nitrogens with zero attached hydrogens (tertiary/aromatic N) is 6. The fraction of sp³-hybridized carbons (Fsp3) is 0.476. The number of nitrogens with one attached hydrogen (secondary N) is 2. The number of piperazine rings is 1. The Hall–Kier alpha value is -5.66. The number of piperidine rings is 1. The van der Waals surface area contributed by atoms with Crippen molar-refractivity contribution in [3.05, 3.63) is 74.8 Å². The van der Waals surface area contributed by atoms with Crippen molar-refractivity contribution in [3.63, 3.8) is 0 Å². The van der Waals surface area contributed by atoms with Crippen LogP contribution >= 0.6 is 11.6 Å². The van der Waals surface area contributed by atoms with Gasteiger partial charge >= 0.3 is 0 Å². The minimum Gasteiger partial charge on any atom is -0.490 e. The van der Waals surface area contributed by atoms with Crippen molar-refractivity contribution >= 4 is 47.1 Å². The van der Waals surface area contributed by atoms with Gasteiger partial charge in [-0.25, -0.2) is 14.4 Å². The number of benzene rings is 2. The number of ether oxygens (including phenoxy) is 2. The maximum atomic E-state index is 15.0. The van der Waals surface area contributed by atoms with Gasteiger partial charge in [0.1, 0.15) is 24.0 Å². The predicted molar refractivity (Wildman–Crippen MR) is 213 cm³/mol. The van der Waals surface area contributed by atoms with Gasteiger partial charge in [0, 0.05) is 62.1 Å². The summed E-state index contributed by atoms with van der Waals surface area (Å²) in [5.41, 5.74) is 0.896. The minimum atomic E-state index is -1.14. The Morgan fingerprint density at radius 2 is 1.64 bits per heavy atom. The lowest BCUT2D eigenvalue weighted by molar-refractivity contribution is -0.164. The second-order valence-electron chi connectivity index (χ2n) is 16.7. The van der Waals surface area contributed by atoms with Gasteiger partial charge < -0.3 is 19.7 Å². The second kappa shape index (κ2) is 15.8. The van der Waals surface area contributed by atoms with Crippen molar-refractivity contribution in [1.29, 1.82) is 5.26 Å². The van der Waals surface area contributed by atoms with E-state index in [0.29, 0.717) is 78.4 Å². The van der Waals surface area contributed by atoms with Crippen molar-refractivity contribution in [1.82, 2.24) is 30.4 Å². The van der Waals surface area contributed by atoms with Crippen LogP contribution in [0.2, 0.25) is 5.02 Å². The number of imide groups is 2. The molecule has 0 radical (unpaired) electrons. The van der Waals surface area contributed by atoms with Crippen molar-refractivity contribution in [2.75, 3.05) is 44.2 Å². The van der Waals surface area contributed by atoms with Crippen LogP contribution in [0.25, 0.3) is 0 Å². The third-order valence-corrected chi connectivity index (χ3v) is 12.3. The molecule has 4 aliphatic rings. The number of hydrogen-bond donors (Lipinski definition) is 2. The Labute approximate surface area is 346 Å². The van der Waals surface area contributed by atoms with E-state index in [0.717, 1.165) is 11.0 Å². The molecule has 1 unspecified atom stereocenters. The van der Waals surface area contributed by atoms with Crippen molar-refractivity contribution in [3.8, 4) is 17.6 Å². The van der Waals surface area contributed by atoms with Crippen LogP contribution in [-0.4, -0.2) is 107 Å². The van der Waals surface area contributed by atoms with E-state index >= 15 is 4.39 Å². The molecule has 2 saturated heterocycles. The molecule has 2 aromatic carbocycles. The van der Waals surface area contributed by atoms with E-state index in [2.05, 4.69) is 26.5 Å². The third-order valence-electron chi connectivity index (χ3n) is 11.9. The van der Waals surface area contributed by atoms with Crippen LogP contribution < -0.4 is 25.0 Å². The first kappa shape index (κ1) is 41.5. The maximum Gasteiger partial charge on any atom is 0.262 e. The van der Waals surface area contributed by atoms with Gasteiger partial charge in [0.15, 0.2) is 11.6 Å². The highest BCUT2D eigenvalue weighted by Gasteiger charge is 2.64. The van der Waals surface area contributed by atoms with Crippen LogP contribution in [0.4, 0.5) is 10.3 Å². The first-order valence-electron chi connectivity index (χ1n) is 19.6. The molecule has 4 heterocycles. The Morgan fingerprint density at radius 3 is 2.25 bits per heavy atom. The summed E-state index contributed by atoms with van der Waals surface area (Å²) in [6.07, 6.45) is 0.311.